The minimum absolute atomic E-state index is 0.00165. The molecular formula is C16H12N2O5S. The van der Waals surface area contributed by atoms with Crippen LogP contribution in [0.4, 0.5) is 5.69 Å². The maximum absolute atomic E-state index is 12.6. The maximum atomic E-state index is 12.6. The first kappa shape index (κ1) is 15.9. The number of nitro benzene ring substituents is 1. The van der Waals surface area contributed by atoms with E-state index >= 15 is 0 Å². The van der Waals surface area contributed by atoms with Crippen molar-refractivity contribution >= 4 is 26.7 Å². The van der Waals surface area contributed by atoms with Crippen LogP contribution in [0.15, 0.2) is 59.6 Å². The van der Waals surface area contributed by atoms with Crippen LogP contribution in [0, 0.1) is 17.0 Å². The summed E-state index contributed by atoms with van der Waals surface area (Å²) in [5.74, 6) is -0.00165. The quantitative estimate of drug-likeness (QED) is 0.409. The summed E-state index contributed by atoms with van der Waals surface area (Å²) in [5.41, 5.74) is 1.27. The molecular weight excluding hydrogens is 332 g/mol. The van der Waals surface area contributed by atoms with Crippen molar-refractivity contribution in [3.8, 4) is 5.75 Å². The Hall–Kier alpha value is -3.00. The number of hydrogen-bond donors (Lipinski definition) is 0. The summed E-state index contributed by atoms with van der Waals surface area (Å²) in [6.45, 7) is 1.84. The van der Waals surface area contributed by atoms with Crippen molar-refractivity contribution in [3.63, 3.8) is 0 Å². The molecule has 0 aliphatic rings. The molecule has 0 radical (unpaired) electrons. The third kappa shape index (κ3) is 2.91. The standard InChI is InChI=1S/C16H12N2O5S/c1-11-4-9-15(14-3-2-10-17-16(11)14)24(21,22)23-13-7-5-12(6-8-13)18(19)20/h2-10H,1H3. The Morgan fingerprint density at radius 3 is 2.46 bits per heavy atom. The Balaban J connectivity index is 2.02. The third-order valence-corrected chi connectivity index (χ3v) is 4.76. The zero-order chi connectivity index (χ0) is 17.3. The van der Waals surface area contributed by atoms with Gasteiger partial charge in [-0.1, -0.05) is 6.07 Å². The normalized spacial score (nSPS) is 11.4. The lowest BCUT2D eigenvalue weighted by Crippen LogP contribution is -2.10. The number of aryl methyl sites for hydroxylation is 1. The molecule has 0 N–H and O–H groups in total. The fraction of sp³-hybridized carbons (Fsp3) is 0.0625. The summed E-state index contributed by atoms with van der Waals surface area (Å²) in [5, 5.41) is 11.1. The maximum Gasteiger partial charge on any atom is 0.339 e. The van der Waals surface area contributed by atoms with Crippen LogP contribution in [0.2, 0.25) is 0 Å². The van der Waals surface area contributed by atoms with Crippen LogP contribution in [-0.2, 0) is 10.1 Å². The molecule has 0 saturated heterocycles. The van der Waals surface area contributed by atoms with Gasteiger partial charge in [-0.05, 0) is 42.8 Å². The van der Waals surface area contributed by atoms with Gasteiger partial charge in [0, 0.05) is 23.7 Å². The van der Waals surface area contributed by atoms with Gasteiger partial charge in [0.2, 0.25) is 0 Å². The summed E-state index contributed by atoms with van der Waals surface area (Å²) in [6.07, 6.45) is 1.59. The fourth-order valence-corrected chi connectivity index (χ4v) is 3.42. The zero-order valence-electron chi connectivity index (χ0n) is 12.5. The molecule has 8 heteroatoms. The zero-order valence-corrected chi connectivity index (χ0v) is 13.4. The van der Waals surface area contributed by atoms with Gasteiger partial charge in [0.25, 0.3) is 5.69 Å². The first-order chi connectivity index (χ1) is 11.4. The predicted molar refractivity (Wildman–Crippen MR) is 87.4 cm³/mol. The van der Waals surface area contributed by atoms with E-state index < -0.39 is 15.0 Å². The number of nitrogens with zero attached hydrogens (tertiary/aromatic N) is 2. The molecule has 3 aromatic rings. The van der Waals surface area contributed by atoms with Gasteiger partial charge in [-0.2, -0.15) is 8.42 Å². The average molecular weight is 344 g/mol. The summed E-state index contributed by atoms with van der Waals surface area (Å²) >= 11 is 0. The molecule has 0 atom stereocenters. The Bertz CT molecular complexity index is 1030. The molecule has 0 saturated carbocycles. The van der Waals surface area contributed by atoms with Crippen molar-refractivity contribution in [2.24, 2.45) is 0 Å². The lowest BCUT2D eigenvalue weighted by molar-refractivity contribution is -0.384. The molecule has 1 aromatic heterocycles. The van der Waals surface area contributed by atoms with Gasteiger partial charge in [0.15, 0.2) is 0 Å². The highest BCUT2D eigenvalue weighted by Crippen LogP contribution is 2.27. The van der Waals surface area contributed by atoms with E-state index in [0.717, 1.165) is 5.56 Å². The fourth-order valence-electron chi connectivity index (χ4n) is 2.30. The number of aromatic nitrogens is 1. The average Bonchev–Trinajstić information content (AvgIpc) is 2.55. The SMILES string of the molecule is Cc1ccc(S(=O)(=O)Oc2ccc([N+](=O)[O-])cc2)c2cccnc12. The van der Waals surface area contributed by atoms with Crippen molar-refractivity contribution < 1.29 is 17.5 Å². The lowest BCUT2D eigenvalue weighted by Gasteiger charge is -2.10. The van der Waals surface area contributed by atoms with Crippen molar-refractivity contribution in [2.75, 3.05) is 0 Å². The molecule has 24 heavy (non-hydrogen) atoms. The van der Waals surface area contributed by atoms with Gasteiger partial charge in [-0.3, -0.25) is 15.1 Å². The molecule has 0 amide bonds. The number of rotatable bonds is 4. The van der Waals surface area contributed by atoms with Crippen LogP contribution in [-0.4, -0.2) is 18.3 Å². The minimum Gasteiger partial charge on any atom is -0.379 e. The van der Waals surface area contributed by atoms with Gasteiger partial charge in [-0.15, -0.1) is 0 Å². The van der Waals surface area contributed by atoms with Crippen LogP contribution in [0.5, 0.6) is 5.75 Å². The van der Waals surface area contributed by atoms with Gasteiger partial charge in [0.1, 0.15) is 10.6 Å². The first-order valence-electron chi connectivity index (χ1n) is 6.92. The third-order valence-electron chi connectivity index (χ3n) is 3.45. The van der Waals surface area contributed by atoms with Crippen molar-refractivity contribution in [2.45, 2.75) is 11.8 Å². The summed E-state index contributed by atoms with van der Waals surface area (Å²) < 4.78 is 30.2. The molecule has 0 fully saturated rings. The highest BCUT2D eigenvalue weighted by atomic mass is 32.2. The Labute approximate surface area is 137 Å². The van der Waals surface area contributed by atoms with E-state index in [-0.39, 0.29) is 16.3 Å². The van der Waals surface area contributed by atoms with Crippen LogP contribution in [0.1, 0.15) is 5.56 Å². The molecule has 122 valence electrons. The number of nitro groups is 1. The molecule has 0 aliphatic carbocycles. The number of fused-ring (bicyclic) bond motifs is 1. The van der Waals surface area contributed by atoms with Crippen LogP contribution >= 0.6 is 0 Å². The molecule has 3 rings (SSSR count). The van der Waals surface area contributed by atoms with Crippen LogP contribution < -0.4 is 4.18 Å². The molecule has 0 spiro atoms. The van der Waals surface area contributed by atoms with Crippen molar-refractivity contribution in [3.05, 3.63) is 70.4 Å². The number of pyridine rings is 1. The summed E-state index contributed by atoms with van der Waals surface area (Å²) in [7, 11) is -4.10. The molecule has 1 heterocycles. The highest BCUT2D eigenvalue weighted by Gasteiger charge is 2.21. The number of non-ortho nitro benzene ring substituents is 1. The monoisotopic (exact) mass is 344 g/mol. The predicted octanol–water partition coefficient (Wildman–Crippen LogP) is 3.22. The Morgan fingerprint density at radius 1 is 1.08 bits per heavy atom. The molecule has 0 unspecified atom stereocenters. The van der Waals surface area contributed by atoms with Gasteiger partial charge < -0.3 is 4.18 Å². The van der Waals surface area contributed by atoms with E-state index in [1.54, 1.807) is 24.4 Å². The van der Waals surface area contributed by atoms with Gasteiger partial charge in [0.05, 0.1) is 10.4 Å². The topological polar surface area (TPSA) is 99.4 Å². The summed E-state index contributed by atoms with van der Waals surface area (Å²) in [6, 6.07) is 11.3. The summed E-state index contributed by atoms with van der Waals surface area (Å²) in [4.78, 5) is 14.3. The van der Waals surface area contributed by atoms with E-state index in [9.17, 15) is 18.5 Å². The van der Waals surface area contributed by atoms with Crippen LogP contribution in [0.25, 0.3) is 10.9 Å². The minimum atomic E-state index is -4.10. The van der Waals surface area contributed by atoms with Gasteiger partial charge >= 0.3 is 10.1 Å². The number of hydrogen-bond acceptors (Lipinski definition) is 6. The second kappa shape index (κ2) is 5.89. The van der Waals surface area contributed by atoms with E-state index in [1.807, 2.05) is 6.92 Å². The van der Waals surface area contributed by atoms with Crippen molar-refractivity contribution in [1.82, 2.24) is 4.98 Å². The Morgan fingerprint density at radius 2 is 1.79 bits per heavy atom. The molecule has 0 aliphatic heterocycles. The lowest BCUT2D eigenvalue weighted by atomic mass is 10.1. The van der Waals surface area contributed by atoms with Gasteiger partial charge in [-0.25, -0.2) is 0 Å². The second-order valence-corrected chi connectivity index (χ2v) is 6.58. The highest BCUT2D eigenvalue weighted by molar-refractivity contribution is 7.87. The van der Waals surface area contributed by atoms with Crippen molar-refractivity contribution in [1.29, 1.82) is 0 Å². The number of benzene rings is 2. The van der Waals surface area contributed by atoms with E-state index in [4.69, 9.17) is 4.18 Å². The van der Waals surface area contributed by atoms with E-state index in [1.165, 1.54) is 30.3 Å². The van der Waals surface area contributed by atoms with Crippen LogP contribution in [0.3, 0.4) is 0 Å². The molecule has 7 nitrogen and oxygen atoms in total. The molecule has 2 aromatic carbocycles. The van der Waals surface area contributed by atoms with E-state index in [2.05, 4.69) is 4.98 Å². The molecule has 0 bridgehead atoms. The largest absolute Gasteiger partial charge is 0.379 e. The first-order valence-corrected chi connectivity index (χ1v) is 8.32. The Kier molecular flexibility index (Phi) is 3.90. The second-order valence-electron chi connectivity index (χ2n) is 5.07. The van der Waals surface area contributed by atoms with E-state index in [0.29, 0.717) is 10.9 Å². The smallest absolute Gasteiger partial charge is 0.339 e.